The van der Waals surface area contributed by atoms with E-state index in [1.54, 1.807) is 35.8 Å². The minimum Gasteiger partial charge on any atom is -0.442 e. The van der Waals surface area contributed by atoms with E-state index in [4.69, 9.17) is 4.74 Å². The Hall–Kier alpha value is -2.85. The summed E-state index contributed by atoms with van der Waals surface area (Å²) in [6.45, 7) is 12.0. The van der Waals surface area contributed by atoms with Gasteiger partial charge in [-0.2, -0.15) is 16.9 Å². The predicted octanol–water partition coefficient (Wildman–Crippen LogP) is 3.98. The first kappa shape index (κ1) is 25.8. The van der Waals surface area contributed by atoms with Gasteiger partial charge in [-0.05, 0) is 25.1 Å². The number of thioether (sulfide) groups is 1. The Kier molecular flexibility index (Phi) is 9.52. The number of anilines is 1. The number of nitrogens with zero attached hydrogens (tertiary/aromatic N) is 5. The fourth-order valence-electron chi connectivity index (χ4n) is 3.84. The monoisotopic (exact) mass is 488 g/mol. The zero-order valence-electron chi connectivity index (χ0n) is 20.0. The van der Waals surface area contributed by atoms with Crippen molar-refractivity contribution < 1.29 is 13.9 Å². The van der Waals surface area contributed by atoms with E-state index < -0.39 is 18.0 Å². The highest BCUT2D eigenvalue weighted by Crippen LogP contribution is 2.27. The van der Waals surface area contributed by atoms with Crippen LogP contribution in [0.5, 0.6) is 0 Å². The second-order valence-electron chi connectivity index (χ2n) is 7.59. The van der Waals surface area contributed by atoms with Gasteiger partial charge in [-0.15, -0.1) is 0 Å². The third-order valence-electron chi connectivity index (χ3n) is 5.48. The first-order valence-electron chi connectivity index (χ1n) is 11.5. The molecule has 1 N–H and O–H groups in total. The zero-order valence-corrected chi connectivity index (χ0v) is 20.8. The smallest absolute Gasteiger partial charge is 0.414 e. The van der Waals surface area contributed by atoms with Crippen LogP contribution in [0.3, 0.4) is 0 Å². The number of nitrogens with one attached hydrogen (secondary N) is 1. The molecule has 0 bridgehead atoms. The third kappa shape index (κ3) is 6.18. The van der Waals surface area contributed by atoms with E-state index in [0.29, 0.717) is 29.9 Å². The topological polar surface area (TPSA) is 72.8 Å². The molecule has 1 aromatic carbocycles. The number of cyclic esters (lactones) is 1. The van der Waals surface area contributed by atoms with E-state index in [9.17, 15) is 9.18 Å². The Morgan fingerprint density at radius 2 is 2.15 bits per heavy atom. The van der Waals surface area contributed by atoms with E-state index in [-0.39, 0.29) is 6.29 Å². The Morgan fingerprint density at radius 1 is 1.38 bits per heavy atom. The summed E-state index contributed by atoms with van der Waals surface area (Å²) in [5.74, 6) is 1.77. The van der Waals surface area contributed by atoms with Crippen molar-refractivity contribution in [2.24, 2.45) is 10.1 Å². The number of ether oxygens (including phenoxy) is 1. The molecule has 2 unspecified atom stereocenters. The summed E-state index contributed by atoms with van der Waals surface area (Å²) in [5, 5.41) is 8.74. The van der Waals surface area contributed by atoms with Crippen LogP contribution in [0.2, 0.25) is 0 Å². The molecule has 2 saturated heterocycles. The van der Waals surface area contributed by atoms with E-state index in [2.05, 4.69) is 27.0 Å². The Morgan fingerprint density at radius 3 is 2.76 bits per heavy atom. The van der Waals surface area contributed by atoms with E-state index >= 15 is 0 Å². The summed E-state index contributed by atoms with van der Waals surface area (Å²) >= 11 is 1.94. The highest BCUT2D eigenvalue weighted by atomic mass is 32.2. The molecule has 184 valence electrons. The maximum absolute atomic E-state index is 15.0. The molecule has 3 aliphatic heterocycles. The van der Waals surface area contributed by atoms with Crippen molar-refractivity contribution in [1.82, 2.24) is 15.2 Å². The quantitative estimate of drug-likeness (QED) is 0.463. The van der Waals surface area contributed by atoms with E-state index in [1.165, 1.54) is 11.0 Å². The molecule has 0 aliphatic carbocycles. The predicted molar refractivity (Wildman–Crippen MR) is 139 cm³/mol. The second kappa shape index (κ2) is 12.6. The lowest BCUT2D eigenvalue weighted by atomic mass is 10.1. The molecule has 0 saturated carbocycles. The fraction of sp³-hybridized carbons (Fsp3) is 0.458. The van der Waals surface area contributed by atoms with Gasteiger partial charge in [0.1, 0.15) is 11.9 Å². The van der Waals surface area contributed by atoms with Crippen LogP contribution in [-0.2, 0) is 4.74 Å². The highest BCUT2D eigenvalue weighted by molar-refractivity contribution is 7.99. The molecule has 1 aromatic rings. The van der Waals surface area contributed by atoms with Crippen LogP contribution in [0.1, 0.15) is 26.3 Å². The molecule has 10 heteroatoms. The van der Waals surface area contributed by atoms with Crippen molar-refractivity contribution in [1.29, 1.82) is 0 Å². The van der Waals surface area contributed by atoms with Gasteiger partial charge in [0.2, 0.25) is 0 Å². The van der Waals surface area contributed by atoms with Gasteiger partial charge in [0, 0.05) is 61.1 Å². The SMILES string of the molecule is C=NN(/C=C\C)CC1CN(c2ccc(C3=CNC(N4CCSCC4)N=C3)c(F)c2)C(=O)O1.CC. The zero-order chi connectivity index (χ0) is 24.5. The number of carbonyl (C=O) groups is 1. The van der Waals surface area contributed by atoms with E-state index in [1.807, 2.05) is 38.6 Å². The molecular weight excluding hydrogens is 455 g/mol. The average Bonchev–Trinajstić information content (AvgIpc) is 3.25. The molecule has 3 heterocycles. The van der Waals surface area contributed by atoms with Gasteiger partial charge in [-0.25, -0.2) is 9.18 Å². The highest BCUT2D eigenvalue weighted by Gasteiger charge is 2.33. The third-order valence-corrected chi connectivity index (χ3v) is 6.42. The molecule has 2 fully saturated rings. The average molecular weight is 489 g/mol. The van der Waals surface area contributed by atoms with Crippen molar-refractivity contribution in [3.63, 3.8) is 0 Å². The van der Waals surface area contributed by atoms with Gasteiger partial charge >= 0.3 is 6.09 Å². The molecule has 0 spiro atoms. The molecule has 4 rings (SSSR count). The first-order chi connectivity index (χ1) is 16.6. The van der Waals surface area contributed by atoms with Crippen LogP contribution >= 0.6 is 11.8 Å². The number of hydrazone groups is 1. The minimum atomic E-state index is -0.505. The molecule has 0 radical (unpaired) electrons. The number of amides is 1. The van der Waals surface area contributed by atoms with Crippen LogP contribution in [0.4, 0.5) is 14.9 Å². The molecule has 3 aliphatic rings. The lowest BCUT2D eigenvalue weighted by molar-refractivity contribution is 0.123. The van der Waals surface area contributed by atoms with Gasteiger partial charge < -0.3 is 10.1 Å². The first-order valence-corrected chi connectivity index (χ1v) is 12.7. The molecular formula is C24H33FN6O2S. The van der Waals surface area contributed by atoms with Crippen LogP contribution in [0.25, 0.3) is 5.57 Å². The van der Waals surface area contributed by atoms with Gasteiger partial charge in [0.15, 0.2) is 6.29 Å². The van der Waals surface area contributed by atoms with Crippen molar-refractivity contribution in [3.8, 4) is 0 Å². The number of halogens is 1. The number of benzene rings is 1. The Balaban J connectivity index is 0.00000158. The van der Waals surface area contributed by atoms with E-state index in [0.717, 1.165) is 24.6 Å². The maximum atomic E-state index is 15.0. The van der Waals surface area contributed by atoms with Crippen LogP contribution in [0, 0.1) is 5.82 Å². The number of hydrogen-bond donors (Lipinski definition) is 1. The Bertz CT molecular complexity index is 947. The summed E-state index contributed by atoms with van der Waals surface area (Å²) in [6, 6.07) is 4.75. The van der Waals surface area contributed by atoms with Crippen LogP contribution in [-0.4, -0.2) is 79.0 Å². The standard InChI is InChI=1S/C22H27FN6O2S.C2H6/c1-3-6-28(24-2)14-18-15-29(22(30)31-18)17-4-5-19(20(23)11-17)16-12-25-21(26-13-16)27-7-9-32-10-8-27;1-2/h3-6,11-13,18,21,25H,2,7-10,14-15H2,1H3;1-2H3/b6-3-;. The number of carbonyl (C=O) groups excluding carboxylic acids is 1. The second-order valence-corrected chi connectivity index (χ2v) is 8.82. The normalized spacial score (nSPS) is 22.5. The van der Waals surface area contributed by atoms with Crippen molar-refractivity contribution in [2.75, 3.05) is 42.6 Å². The summed E-state index contributed by atoms with van der Waals surface area (Å²) in [7, 11) is 0. The number of allylic oxidation sites excluding steroid dienone is 2. The summed E-state index contributed by atoms with van der Waals surface area (Å²) in [4.78, 5) is 20.6. The minimum absolute atomic E-state index is 0.106. The van der Waals surface area contributed by atoms with Crippen molar-refractivity contribution in [3.05, 3.63) is 48.1 Å². The van der Waals surface area contributed by atoms with Crippen LogP contribution in [0.15, 0.2) is 46.8 Å². The molecule has 1 amide bonds. The van der Waals surface area contributed by atoms with Gasteiger partial charge in [0.05, 0.1) is 18.8 Å². The lowest BCUT2D eigenvalue weighted by Crippen LogP contribution is -2.47. The summed E-state index contributed by atoms with van der Waals surface area (Å²) < 4.78 is 20.4. The number of hydrogen-bond acceptors (Lipinski definition) is 8. The summed E-state index contributed by atoms with van der Waals surface area (Å²) in [5.41, 5.74) is 1.54. The van der Waals surface area contributed by atoms with Gasteiger partial charge in [0.25, 0.3) is 0 Å². The fourth-order valence-corrected chi connectivity index (χ4v) is 4.78. The molecule has 2 atom stereocenters. The largest absolute Gasteiger partial charge is 0.442 e. The lowest BCUT2D eigenvalue weighted by Gasteiger charge is -2.33. The number of rotatable bonds is 7. The number of aliphatic imine (C=N–C) groups is 1. The van der Waals surface area contributed by atoms with Crippen LogP contribution < -0.4 is 10.2 Å². The van der Waals surface area contributed by atoms with Gasteiger partial charge in [-0.1, -0.05) is 19.9 Å². The molecule has 0 aromatic heterocycles. The summed E-state index contributed by atoms with van der Waals surface area (Å²) in [6.07, 6.45) is 6.08. The maximum Gasteiger partial charge on any atom is 0.414 e. The Labute approximate surface area is 205 Å². The molecule has 8 nitrogen and oxygen atoms in total. The molecule has 34 heavy (non-hydrogen) atoms. The van der Waals surface area contributed by atoms with Gasteiger partial charge in [-0.3, -0.25) is 19.8 Å². The van der Waals surface area contributed by atoms with Crippen molar-refractivity contribution in [2.45, 2.75) is 33.2 Å². The van der Waals surface area contributed by atoms with Crippen molar-refractivity contribution >= 4 is 42.0 Å².